The molecule has 128 valence electrons. The molecule has 1 aliphatic heterocycles. The average molecular weight is 381 g/mol. The molecule has 0 bridgehead atoms. The van der Waals surface area contributed by atoms with Gasteiger partial charge < -0.3 is 10.2 Å². The monoisotopic (exact) mass is 380 g/mol. The number of primary sulfonamides is 1. The standard InChI is InChI=1S/C14H19Cl2N3O3S/c1-9-2-4-19(5-3-9)8-13(20)18-14-11(15)6-10(7-12(14)16)23(17,21)22/h6-7,9H,2-5,8H2,1H3,(H,18,20)(H2,17,21,22)/p+1. The molecule has 4 N–H and O–H groups in total. The van der Waals surface area contributed by atoms with E-state index in [4.69, 9.17) is 28.3 Å². The number of hydrogen-bond acceptors (Lipinski definition) is 3. The fourth-order valence-electron chi connectivity index (χ4n) is 2.59. The zero-order valence-electron chi connectivity index (χ0n) is 12.7. The lowest BCUT2D eigenvalue weighted by molar-refractivity contribution is -0.897. The van der Waals surface area contributed by atoms with E-state index in [9.17, 15) is 13.2 Å². The van der Waals surface area contributed by atoms with Crippen molar-refractivity contribution in [3.8, 4) is 0 Å². The molecule has 1 amide bonds. The topological polar surface area (TPSA) is 93.7 Å². The van der Waals surface area contributed by atoms with Gasteiger partial charge in [-0.1, -0.05) is 30.1 Å². The number of carbonyl (C=O) groups excluding carboxylic acids is 1. The maximum Gasteiger partial charge on any atom is 0.279 e. The number of quaternary nitrogens is 1. The molecule has 2 rings (SSSR count). The van der Waals surface area contributed by atoms with Gasteiger partial charge in [0, 0.05) is 0 Å². The first-order valence-corrected chi connectivity index (χ1v) is 9.62. The molecule has 1 aromatic carbocycles. The quantitative estimate of drug-likeness (QED) is 0.723. The van der Waals surface area contributed by atoms with E-state index >= 15 is 0 Å². The van der Waals surface area contributed by atoms with Gasteiger partial charge in [-0.25, -0.2) is 13.6 Å². The minimum absolute atomic E-state index is 0.0390. The first kappa shape index (κ1) is 18.5. The van der Waals surface area contributed by atoms with E-state index in [-0.39, 0.29) is 26.5 Å². The van der Waals surface area contributed by atoms with E-state index in [2.05, 4.69) is 12.2 Å². The summed E-state index contributed by atoms with van der Waals surface area (Å²) in [6, 6.07) is 2.35. The zero-order valence-corrected chi connectivity index (χ0v) is 15.1. The minimum atomic E-state index is -3.91. The number of anilines is 1. The van der Waals surface area contributed by atoms with E-state index in [0.717, 1.165) is 25.9 Å². The summed E-state index contributed by atoms with van der Waals surface area (Å²) in [4.78, 5) is 13.2. The van der Waals surface area contributed by atoms with Gasteiger partial charge in [0.2, 0.25) is 10.0 Å². The molecule has 1 aliphatic rings. The molecule has 1 heterocycles. The summed E-state index contributed by atoms with van der Waals surface area (Å²) in [5, 5.41) is 7.78. The number of sulfonamides is 1. The van der Waals surface area contributed by atoms with E-state index in [1.54, 1.807) is 0 Å². The summed E-state index contributed by atoms with van der Waals surface area (Å²) < 4.78 is 22.7. The Hall–Kier alpha value is -0.860. The normalized spacial score (nSPS) is 21.9. The average Bonchev–Trinajstić information content (AvgIpc) is 2.44. The first-order valence-electron chi connectivity index (χ1n) is 7.32. The van der Waals surface area contributed by atoms with Gasteiger partial charge in [-0.05, 0) is 30.9 Å². The molecular formula is C14H20Cl2N3O3S+. The van der Waals surface area contributed by atoms with Crippen LogP contribution in [0.1, 0.15) is 19.8 Å². The van der Waals surface area contributed by atoms with Crippen LogP contribution in [0.2, 0.25) is 10.0 Å². The largest absolute Gasteiger partial charge is 0.327 e. The van der Waals surface area contributed by atoms with Gasteiger partial charge in [-0.15, -0.1) is 0 Å². The van der Waals surface area contributed by atoms with Gasteiger partial charge in [0.05, 0.1) is 33.7 Å². The Bertz CT molecular complexity index is 678. The molecule has 1 aromatic rings. The van der Waals surface area contributed by atoms with E-state index in [1.807, 2.05) is 0 Å². The summed E-state index contributed by atoms with van der Waals surface area (Å²) in [5.74, 6) is 0.498. The summed E-state index contributed by atoms with van der Waals surface area (Å²) in [5.41, 5.74) is 0.204. The predicted octanol–water partition coefficient (Wildman–Crippen LogP) is 0.894. The number of nitrogens with one attached hydrogen (secondary N) is 2. The van der Waals surface area contributed by atoms with Gasteiger partial charge in [0.1, 0.15) is 0 Å². The van der Waals surface area contributed by atoms with Crippen LogP contribution in [0.3, 0.4) is 0 Å². The Morgan fingerprint density at radius 1 is 1.30 bits per heavy atom. The number of hydrogen-bond donors (Lipinski definition) is 3. The highest BCUT2D eigenvalue weighted by Crippen LogP contribution is 2.33. The molecule has 0 atom stereocenters. The molecule has 0 unspecified atom stereocenters. The number of piperidine rings is 1. The Kier molecular flexibility index (Phi) is 5.91. The molecule has 1 saturated heterocycles. The summed E-state index contributed by atoms with van der Waals surface area (Å²) in [6.45, 7) is 4.46. The first-order chi connectivity index (χ1) is 10.7. The number of nitrogens with two attached hydrogens (primary N) is 1. The lowest BCUT2D eigenvalue weighted by atomic mass is 9.99. The smallest absolute Gasteiger partial charge is 0.279 e. The number of carbonyl (C=O) groups is 1. The lowest BCUT2D eigenvalue weighted by Crippen LogP contribution is -3.14. The second-order valence-electron chi connectivity index (χ2n) is 5.96. The maximum absolute atomic E-state index is 12.2. The van der Waals surface area contributed by atoms with Crippen LogP contribution in [0.25, 0.3) is 0 Å². The van der Waals surface area contributed by atoms with Crippen LogP contribution < -0.4 is 15.4 Å². The molecule has 6 nitrogen and oxygen atoms in total. The highest BCUT2D eigenvalue weighted by atomic mass is 35.5. The van der Waals surface area contributed by atoms with Crippen LogP contribution in [0.5, 0.6) is 0 Å². The number of benzene rings is 1. The summed E-state index contributed by atoms with van der Waals surface area (Å²) in [7, 11) is -3.91. The van der Waals surface area contributed by atoms with E-state index < -0.39 is 10.0 Å². The third-order valence-corrected chi connectivity index (χ3v) is 5.49. The summed E-state index contributed by atoms with van der Waals surface area (Å²) >= 11 is 12.0. The molecule has 1 fully saturated rings. The number of rotatable bonds is 4. The van der Waals surface area contributed by atoms with Crippen LogP contribution in [-0.2, 0) is 14.8 Å². The Morgan fingerprint density at radius 2 is 1.83 bits per heavy atom. The highest BCUT2D eigenvalue weighted by molar-refractivity contribution is 7.89. The number of halogens is 2. The van der Waals surface area contributed by atoms with Crippen LogP contribution in [0.4, 0.5) is 5.69 Å². The van der Waals surface area contributed by atoms with Crippen molar-refractivity contribution in [1.29, 1.82) is 0 Å². The van der Waals surface area contributed by atoms with Gasteiger partial charge in [0.15, 0.2) is 6.54 Å². The Labute approximate surface area is 146 Å². The SMILES string of the molecule is CC1CC[NH+](CC(=O)Nc2c(Cl)cc(S(N)(=O)=O)cc2Cl)CC1. The third-order valence-electron chi connectivity index (χ3n) is 4.00. The number of likely N-dealkylation sites (tertiary alicyclic amines) is 1. The van der Waals surface area contributed by atoms with Crippen LogP contribution >= 0.6 is 23.2 Å². The molecule has 0 aromatic heterocycles. The van der Waals surface area contributed by atoms with Crippen LogP contribution in [0.15, 0.2) is 17.0 Å². The second kappa shape index (κ2) is 7.36. The molecule has 0 radical (unpaired) electrons. The van der Waals surface area contributed by atoms with Crippen molar-refractivity contribution in [2.24, 2.45) is 11.1 Å². The fraction of sp³-hybridized carbons (Fsp3) is 0.500. The fourth-order valence-corrected chi connectivity index (χ4v) is 3.87. The van der Waals surface area contributed by atoms with Crippen molar-refractivity contribution in [2.75, 3.05) is 25.0 Å². The van der Waals surface area contributed by atoms with Gasteiger partial charge in [-0.2, -0.15) is 0 Å². The second-order valence-corrected chi connectivity index (χ2v) is 8.34. The molecule has 23 heavy (non-hydrogen) atoms. The number of amides is 1. The zero-order chi connectivity index (χ0) is 17.2. The van der Waals surface area contributed by atoms with Crippen molar-refractivity contribution >= 4 is 44.8 Å². The van der Waals surface area contributed by atoms with Gasteiger partial charge in [-0.3, -0.25) is 4.79 Å². The van der Waals surface area contributed by atoms with E-state index in [1.165, 1.54) is 17.0 Å². The van der Waals surface area contributed by atoms with Crippen molar-refractivity contribution in [3.05, 3.63) is 22.2 Å². The Morgan fingerprint density at radius 3 is 2.30 bits per heavy atom. The Balaban J connectivity index is 2.06. The van der Waals surface area contributed by atoms with Gasteiger partial charge >= 0.3 is 0 Å². The van der Waals surface area contributed by atoms with Crippen LogP contribution in [0, 0.1) is 5.92 Å². The van der Waals surface area contributed by atoms with Crippen LogP contribution in [-0.4, -0.2) is 34.0 Å². The molecule has 0 saturated carbocycles. The third kappa shape index (κ3) is 5.06. The lowest BCUT2D eigenvalue weighted by Gasteiger charge is -2.26. The van der Waals surface area contributed by atoms with Crippen molar-refractivity contribution in [1.82, 2.24) is 0 Å². The maximum atomic E-state index is 12.2. The van der Waals surface area contributed by atoms with E-state index in [0.29, 0.717) is 12.5 Å². The minimum Gasteiger partial charge on any atom is -0.327 e. The molecule has 9 heteroatoms. The van der Waals surface area contributed by atoms with Gasteiger partial charge in [0.25, 0.3) is 5.91 Å². The summed E-state index contributed by atoms with van der Waals surface area (Å²) in [6.07, 6.45) is 2.21. The van der Waals surface area contributed by atoms with Crippen molar-refractivity contribution in [2.45, 2.75) is 24.7 Å². The molecule has 0 spiro atoms. The predicted molar refractivity (Wildman–Crippen MR) is 90.4 cm³/mol. The van der Waals surface area contributed by atoms with Crippen molar-refractivity contribution < 1.29 is 18.1 Å². The highest BCUT2D eigenvalue weighted by Gasteiger charge is 2.22. The van der Waals surface area contributed by atoms with Crippen molar-refractivity contribution in [3.63, 3.8) is 0 Å². The molecule has 0 aliphatic carbocycles. The molecular weight excluding hydrogens is 361 g/mol.